The SMILES string of the molecule is N#Cc1ccc(ON=C2CCNCC2)cc1. The van der Waals surface area contributed by atoms with Gasteiger partial charge in [0.25, 0.3) is 0 Å². The Bertz CT molecular complexity index is 409. The summed E-state index contributed by atoms with van der Waals surface area (Å²) in [7, 11) is 0. The van der Waals surface area contributed by atoms with E-state index in [0.717, 1.165) is 31.6 Å². The van der Waals surface area contributed by atoms with Crippen LogP contribution in [-0.2, 0) is 0 Å². The van der Waals surface area contributed by atoms with E-state index in [4.69, 9.17) is 10.1 Å². The van der Waals surface area contributed by atoms with Crippen LogP contribution in [0.5, 0.6) is 5.75 Å². The van der Waals surface area contributed by atoms with Crippen molar-refractivity contribution in [1.82, 2.24) is 5.32 Å². The molecular formula is C12H13N3O. The number of nitrogens with zero attached hydrogens (tertiary/aromatic N) is 2. The maximum Gasteiger partial charge on any atom is 0.158 e. The van der Waals surface area contributed by atoms with Gasteiger partial charge in [-0.25, -0.2) is 0 Å². The second-order valence-corrected chi connectivity index (χ2v) is 3.63. The molecule has 0 amide bonds. The molecule has 0 saturated carbocycles. The lowest BCUT2D eigenvalue weighted by Crippen LogP contribution is -2.28. The number of hydrogen-bond acceptors (Lipinski definition) is 4. The summed E-state index contributed by atoms with van der Waals surface area (Å²) in [5, 5.41) is 16.0. The van der Waals surface area contributed by atoms with Gasteiger partial charge in [0.05, 0.1) is 17.3 Å². The van der Waals surface area contributed by atoms with Gasteiger partial charge in [-0.15, -0.1) is 0 Å². The number of piperidine rings is 1. The van der Waals surface area contributed by atoms with Crippen LogP contribution in [0.15, 0.2) is 29.4 Å². The third-order valence-corrected chi connectivity index (χ3v) is 2.44. The van der Waals surface area contributed by atoms with Crippen LogP contribution < -0.4 is 10.2 Å². The summed E-state index contributed by atoms with van der Waals surface area (Å²) in [4.78, 5) is 5.30. The smallest absolute Gasteiger partial charge is 0.158 e. The average molecular weight is 215 g/mol. The van der Waals surface area contributed by atoms with Gasteiger partial charge >= 0.3 is 0 Å². The Kier molecular flexibility index (Phi) is 3.52. The zero-order chi connectivity index (χ0) is 11.2. The van der Waals surface area contributed by atoms with Gasteiger partial charge in [0.15, 0.2) is 5.75 Å². The lowest BCUT2D eigenvalue weighted by Gasteiger charge is -2.13. The Morgan fingerprint density at radius 3 is 2.50 bits per heavy atom. The fourth-order valence-electron chi connectivity index (χ4n) is 1.51. The minimum atomic E-state index is 0.627. The molecule has 0 spiro atoms. The monoisotopic (exact) mass is 215 g/mol. The Balaban J connectivity index is 1.96. The highest BCUT2D eigenvalue weighted by Crippen LogP contribution is 2.12. The Morgan fingerprint density at radius 1 is 1.19 bits per heavy atom. The molecule has 1 aliphatic heterocycles. The molecule has 4 heteroatoms. The summed E-state index contributed by atoms with van der Waals surface area (Å²) >= 11 is 0. The fourth-order valence-corrected chi connectivity index (χ4v) is 1.51. The predicted molar refractivity (Wildman–Crippen MR) is 61.3 cm³/mol. The first kappa shape index (κ1) is 10.7. The highest BCUT2D eigenvalue weighted by Gasteiger charge is 2.06. The van der Waals surface area contributed by atoms with Gasteiger partial charge in [-0.05, 0) is 24.3 Å². The molecule has 0 bridgehead atoms. The second-order valence-electron chi connectivity index (χ2n) is 3.63. The summed E-state index contributed by atoms with van der Waals surface area (Å²) in [6, 6.07) is 9.01. The molecule has 82 valence electrons. The zero-order valence-corrected chi connectivity index (χ0v) is 8.94. The molecule has 0 radical (unpaired) electrons. The van der Waals surface area contributed by atoms with E-state index in [2.05, 4.69) is 16.5 Å². The summed E-state index contributed by atoms with van der Waals surface area (Å²) in [5.41, 5.74) is 1.71. The van der Waals surface area contributed by atoms with Gasteiger partial charge in [-0.1, -0.05) is 5.16 Å². The van der Waals surface area contributed by atoms with Crippen LogP contribution in [0.4, 0.5) is 0 Å². The standard InChI is InChI=1S/C12H13N3O/c13-9-10-1-3-12(4-2-10)16-15-11-5-7-14-8-6-11/h1-4,14H,5-8H2. The molecule has 1 saturated heterocycles. The summed E-state index contributed by atoms with van der Waals surface area (Å²) < 4.78 is 0. The van der Waals surface area contributed by atoms with Crippen LogP contribution in [0, 0.1) is 11.3 Å². The quantitative estimate of drug-likeness (QED) is 0.763. The van der Waals surface area contributed by atoms with Gasteiger partial charge < -0.3 is 10.2 Å². The Morgan fingerprint density at radius 2 is 1.88 bits per heavy atom. The number of nitrogens with one attached hydrogen (secondary N) is 1. The predicted octanol–water partition coefficient (Wildman–Crippen LogP) is 1.68. The fraction of sp³-hybridized carbons (Fsp3) is 0.333. The third-order valence-electron chi connectivity index (χ3n) is 2.44. The van der Waals surface area contributed by atoms with Crippen LogP contribution in [0.1, 0.15) is 18.4 Å². The maximum absolute atomic E-state index is 8.64. The van der Waals surface area contributed by atoms with Crippen LogP contribution in [0.2, 0.25) is 0 Å². The molecule has 1 heterocycles. The first-order valence-corrected chi connectivity index (χ1v) is 5.32. The van der Waals surface area contributed by atoms with Crippen molar-refractivity contribution in [1.29, 1.82) is 5.26 Å². The molecule has 1 N–H and O–H groups in total. The molecule has 1 aromatic carbocycles. The summed E-state index contributed by atoms with van der Waals surface area (Å²) in [5.74, 6) is 0.671. The van der Waals surface area contributed by atoms with E-state index in [0.29, 0.717) is 11.3 Å². The number of benzene rings is 1. The molecule has 16 heavy (non-hydrogen) atoms. The van der Waals surface area contributed by atoms with Crippen molar-refractivity contribution >= 4 is 5.71 Å². The molecule has 1 fully saturated rings. The topological polar surface area (TPSA) is 57.4 Å². The van der Waals surface area contributed by atoms with E-state index in [1.54, 1.807) is 24.3 Å². The summed E-state index contributed by atoms with van der Waals surface area (Å²) in [6.45, 7) is 1.94. The molecular weight excluding hydrogens is 202 g/mol. The minimum absolute atomic E-state index is 0.627. The van der Waals surface area contributed by atoms with Crippen molar-refractivity contribution in [3.05, 3.63) is 29.8 Å². The van der Waals surface area contributed by atoms with E-state index in [9.17, 15) is 0 Å². The zero-order valence-electron chi connectivity index (χ0n) is 8.94. The number of hydrogen-bond donors (Lipinski definition) is 1. The number of oxime groups is 1. The number of rotatable bonds is 2. The van der Waals surface area contributed by atoms with Crippen molar-refractivity contribution in [3.8, 4) is 11.8 Å². The minimum Gasteiger partial charge on any atom is -0.357 e. The van der Waals surface area contributed by atoms with E-state index >= 15 is 0 Å². The lowest BCUT2D eigenvalue weighted by molar-refractivity contribution is 0.337. The van der Waals surface area contributed by atoms with Crippen molar-refractivity contribution in [3.63, 3.8) is 0 Å². The molecule has 4 nitrogen and oxygen atoms in total. The molecule has 1 aromatic rings. The van der Waals surface area contributed by atoms with Gasteiger partial charge in [-0.2, -0.15) is 5.26 Å². The van der Waals surface area contributed by atoms with Gasteiger partial charge in [0.2, 0.25) is 0 Å². The third kappa shape index (κ3) is 2.81. The first-order chi connectivity index (χ1) is 7.88. The van der Waals surface area contributed by atoms with E-state index in [1.165, 1.54) is 0 Å². The second kappa shape index (κ2) is 5.29. The molecule has 0 aromatic heterocycles. The van der Waals surface area contributed by atoms with Crippen LogP contribution in [0.3, 0.4) is 0 Å². The van der Waals surface area contributed by atoms with Gasteiger partial charge in [0, 0.05) is 25.9 Å². The number of nitriles is 1. The first-order valence-electron chi connectivity index (χ1n) is 5.32. The van der Waals surface area contributed by atoms with Crippen molar-refractivity contribution in [2.75, 3.05) is 13.1 Å². The Labute approximate surface area is 94.5 Å². The highest BCUT2D eigenvalue weighted by molar-refractivity contribution is 5.85. The molecule has 0 atom stereocenters. The van der Waals surface area contributed by atoms with Gasteiger partial charge in [0.1, 0.15) is 0 Å². The van der Waals surface area contributed by atoms with Crippen molar-refractivity contribution in [2.24, 2.45) is 5.16 Å². The average Bonchev–Trinajstić information content (AvgIpc) is 2.38. The Hall–Kier alpha value is -1.86. The molecule has 2 rings (SSSR count). The van der Waals surface area contributed by atoms with Crippen LogP contribution >= 0.6 is 0 Å². The van der Waals surface area contributed by atoms with Gasteiger partial charge in [-0.3, -0.25) is 0 Å². The van der Waals surface area contributed by atoms with Crippen molar-refractivity contribution < 1.29 is 4.84 Å². The maximum atomic E-state index is 8.64. The van der Waals surface area contributed by atoms with Crippen molar-refractivity contribution in [2.45, 2.75) is 12.8 Å². The summed E-state index contributed by atoms with van der Waals surface area (Å²) in [6.07, 6.45) is 1.88. The molecule has 1 aliphatic rings. The van der Waals surface area contributed by atoms with E-state index < -0.39 is 0 Å². The normalized spacial score (nSPS) is 15.3. The highest BCUT2D eigenvalue weighted by atomic mass is 16.6. The largest absolute Gasteiger partial charge is 0.357 e. The molecule has 0 unspecified atom stereocenters. The lowest BCUT2D eigenvalue weighted by atomic mass is 10.1. The van der Waals surface area contributed by atoms with Crippen LogP contribution in [0.25, 0.3) is 0 Å². The van der Waals surface area contributed by atoms with E-state index in [1.807, 2.05) is 0 Å². The molecule has 0 aliphatic carbocycles. The van der Waals surface area contributed by atoms with E-state index in [-0.39, 0.29) is 0 Å². The van der Waals surface area contributed by atoms with Crippen LogP contribution in [-0.4, -0.2) is 18.8 Å².